The molecule has 0 unspecified atom stereocenters. The summed E-state index contributed by atoms with van der Waals surface area (Å²) in [6, 6.07) is 17.3. The van der Waals surface area contributed by atoms with Gasteiger partial charge in [0.25, 0.3) is 5.91 Å². The first-order valence-electron chi connectivity index (χ1n) is 6.95. The van der Waals surface area contributed by atoms with Crippen LogP contribution in [0.5, 0.6) is 5.75 Å². The Bertz CT molecular complexity index is 901. The Hall–Kier alpha value is -3.14. The number of carbonyl (C=O) groups is 1. The van der Waals surface area contributed by atoms with Crippen molar-refractivity contribution in [2.24, 2.45) is 0 Å². The minimum Gasteiger partial charge on any atom is -0.378 e. The van der Waals surface area contributed by atoms with Crippen molar-refractivity contribution in [1.29, 1.82) is 0 Å². The summed E-state index contributed by atoms with van der Waals surface area (Å²) in [6.45, 7) is 0. The van der Waals surface area contributed by atoms with Crippen molar-refractivity contribution in [3.05, 3.63) is 71.9 Å². The summed E-state index contributed by atoms with van der Waals surface area (Å²) in [5.41, 5.74) is 5.61. The van der Waals surface area contributed by atoms with E-state index in [2.05, 4.69) is 10.5 Å². The minimum absolute atomic E-state index is 0.250. The highest BCUT2D eigenvalue weighted by Gasteiger charge is 2.24. The van der Waals surface area contributed by atoms with Crippen LogP contribution in [-0.4, -0.2) is 10.9 Å². The molecule has 0 saturated carbocycles. The number of hydrogen-bond donors (Lipinski definition) is 1. The van der Waals surface area contributed by atoms with Crippen molar-refractivity contribution in [2.75, 3.05) is 0 Å². The Morgan fingerprint density at radius 2 is 1.86 bits per heavy atom. The average molecular weight is 288 g/mol. The van der Waals surface area contributed by atoms with Crippen molar-refractivity contribution in [3.63, 3.8) is 0 Å². The molecule has 0 aliphatic carbocycles. The van der Waals surface area contributed by atoms with Crippen molar-refractivity contribution >= 4 is 28.5 Å². The van der Waals surface area contributed by atoms with Crippen LogP contribution in [0.1, 0.15) is 11.1 Å². The van der Waals surface area contributed by atoms with Gasteiger partial charge in [-0.25, -0.2) is 0 Å². The molecule has 22 heavy (non-hydrogen) atoms. The van der Waals surface area contributed by atoms with E-state index in [1.807, 2.05) is 60.7 Å². The summed E-state index contributed by atoms with van der Waals surface area (Å²) < 4.78 is 0. The molecule has 4 nitrogen and oxygen atoms in total. The molecule has 4 heteroatoms. The van der Waals surface area contributed by atoms with Gasteiger partial charge in [0.05, 0.1) is 11.1 Å². The van der Waals surface area contributed by atoms with Crippen LogP contribution in [-0.2, 0) is 4.79 Å². The van der Waals surface area contributed by atoms with Crippen molar-refractivity contribution < 1.29 is 9.63 Å². The molecule has 0 spiro atoms. The Morgan fingerprint density at radius 1 is 1.00 bits per heavy atom. The van der Waals surface area contributed by atoms with E-state index in [0.717, 1.165) is 22.0 Å². The summed E-state index contributed by atoms with van der Waals surface area (Å²) in [5.74, 6) is 0.381. The quantitative estimate of drug-likeness (QED) is 0.700. The first-order valence-corrected chi connectivity index (χ1v) is 6.95. The van der Waals surface area contributed by atoms with Crippen LogP contribution in [0.15, 0.2) is 60.8 Å². The molecule has 0 radical (unpaired) electrons. The Morgan fingerprint density at radius 3 is 2.73 bits per heavy atom. The molecule has 1 N–H and O–H groups in total. The van der Waals surface area contributed by atoms with Gasteiger partial charge in [-0.05, 0) is 35.9 Å². The SMILES string of the molecule is O=C1NOc2c(ccc3ncccc23)C1=Cc1ccccc1. The van der Waals surface area contributed by atoms with Gasteiger partial charge in [0.1, 0.15) is 0 Å². The number of rotatable bonds is 1. The highest BCUT2D eigenvalue weighted by atomic mass is 16.7. The molecular weight excluding hydrogens is 276 g/mol. The van der Waals surface area contributed by atoms with E-state index < -0.39 is 0 Å². The van der Waals surface area contributed by atoms with Crippen molar-refractivity contribution in [3.8, 4) is 5.75 Å². The molecular formula is C18H12N2O2. The third-order valence-electron chi connectivity index (χ3n) is 3.63. The molecule has 0 bridgehead atoms. The third-order valence-corrected chi connectivity index (χ3v) is 3.63. The van der Waals surface area contributed by atoms with E-state index in [-0.39, 0.29) is 5.91 Å². The molecule has 0 saturated heterocycles. The van der Waals surface area contributed by atoms with E-state index in [0.29, 0.717) is 11.3 Å². The second kappa shape index (κ2) is 5.00. The van der Waals surface area contributed by atoms with E-state index >= 15 is 0 Å². The Kier molecular flexibility index (Phi) is 2.86. The van der Waals surface area contributed by atoms with Crippen LogP contribution < -0.4 is 10.3 Å². The largest absolute Gasteiger partial charge is 0.378 e. The first kappa shape index (κ1) is 12.6. The first-order chi connectivity index (χ1) is 10.8. The minimum atomic E-state index is -0.250. The van der Waals surface area contributed by atoms with Gasteiger partial charge in [-0.15, -0.1) is 0 Å². The van der Waals surface area contributed by atoms with Crippen LogP contribution in [0.4, 0.5) is 0 Å². The average Bonchev–Trinajstić information content (AvgIpc) is 2.58. The molecule has 2 aromatic carbocycles. The summed E-state index contributed by atoms with van der Waals surface area (Å²) in [6.07, 6.45) is 3.59. The zero-order chi connectivity index (χ0) is 14.9. The van der Waals surface area contributed by atoms with E-state index in [1.54, 1.807) is 6.20 Å². The number of hydroxylamine groups is 1. The maximum Gasteiger partial charge on any atom is 0.284 e. The summed E-state index contributed by atoms with van der Waals surface area (Å²) in [4.78, 5) is 21.9. The van der Waals surface area contributed by atoms with E-state index in [1.165, 1.54) is 0 Å². The number of amides is 1. The monoisotopic (exact) mass is 288 g/mol. The van der Waals surface area contributed by atoms with Gasteiger partial charge < -0.3 is 4.84 Å². The number of nitrogens with one attached hydrogen (secondary N) is 1. The number of nitrogens with zero attached hydrogens (tertiary/aromatic N) is 1. The fraction of sp³-hybridized carbons (Fsp3) is 0. The van der Waals surface area contributed by atoms with Gasteiger partial charge in [-0.2, -0.15) is 5.48 Å². The lowest BCUT2D eigenvalue weighted by Crippen LogP contribution is -2.32. The number of aromatic nitrogens is 1. The van der Waals surface area contributed by atoms with E-state index in [9.17, 15) is 4.79 Å². The fourth-order valence-corrected chi connectivity index (χ4v) is 2.58. The predicted octanol–water partition coefficient (Wildman–Crippen LogP) is 3.20. The number of benzene rings is 2. The summed E-state index contributed by atoms with van der Waals surface area (Å²) in [5, 5.41) is 0.874. The van der Waals surface area contributed by atoms with Crippen LogP contribution in [0.3, 0.4) is 0 Å². The summed E-state index contributed by atoms with van der Waals surface area (Å²) in [7, 11) is 0. The number of carbonyl (C=O) groups excluding carboxylic acids is 1. The zero-order valence-corrected chi connectivity index (χ0v) is 11.6. The Labute approximate surface area is 127 Å². The van der Waals surface area contributed by atoms with Gasteiger partial charge in [0.2, 0.25) is 0 Å². The third kappa shape index (κ3) is 2.02. The molecule has 1 amide bonds. The maximum absolute atomic E-state index is 12.2. The molecule has 106 valence electrons. The fourth-order valence-electron chi connectivity index (χ4n) is 2.58. The van der Waals surface area contributed by atoms with Gasteiger partial charge in [-0.3, -0.25) is 9.78 Å². The van der Waals surface area contributed by atoms with Crippen LogP contribution in [0.2, 0.25) is 0 Å². The molecule has 1 aliphatic rings. The highest BCUT2D eigenvalue weighted by Crippen LogP contribution is 2.36. The van der Waals surface area contributed by atoms with Crippen LogP contribution >= 0.6 is 0 Å². The van der Waals surface area contributed by atoms with Crippen molar-refractivity contribution in [1.82, 2.24) is 10.5 Å². The van der Waals surface area contributed by atoms with Gasteiger partial charge in [0.15, 0.2) is 5.75 Å². The highest BCUT2D eigenvalue weighted by molar-refractivity contribution is 6.26. The smallest absolute Gasteiger partial charge is 0.284 e. The molecule has 0 fully saturated rings. The van der Waals surface area contributed by atoms with Gasteiger partial charge in [0, 0.05) is 17.1 Å². The van der Waals surface area contributed by atoms with Crippen molar-refractivity contribution in [2.45, 2.75) is 0 Å². The van der Waals surface area contributed by atoms with Gasteiger partial charge in [-0.1, -0.05) is 30.3 Å². The standard InChI is InChI=1S/C18H12N2O2/c21-18-15(11-12-5-2-1-3-6-12)13-8-9-16-14(7-4-10-19-16)17(13)22-20-18/h1-11H,(H,20,21). The second-order valence-corrected chi connectivity index (χ2v) is 5.01. The molecule has 4 rings (SSSR count). The topological polar surface area (TPSA) is 51.2 Å². The molecule has 1 aromatic heterocycles. The number of pyridine rings is 1. The number of hydrogen-bond acceptors (Lipinski definition) is 3. The molecule has 3 aromatic rings. The van der Waals surface area contributed by atoms with Crippen LogP contribution in [0.25, 0.3) is 22.6 Å². The normalized spacial score (nSPS) is 15.3. The molecule has 0 atom stereocenters. The molecule has 1 aliphatic heterocycles. The van der Waals surface area contributed by atoms with E-state index in [4.69, 9.17) is 4.84 Å². The number of fused-ring (bicyclic) bond motifs is 3. The second-order valence-electron chi connectivity index (χ2n) is 5.01. The van der Waals surface area contributed by atoms with Crippen LogP contribution in [0, 0.1) is 0 Å². The lowest BCUT2D eigenvalue weighted by molar-refractivity contribution is -0.122. The maximum atomic E-state index is 12.2. The zero-order valence-electron chi connectivity index (χ0n) is 11.6. The predicted molar refractivity (Wildman–Crippen MR) is 84.8 cm³/mol. The summed E-state index contributed by atoms with van der Waals surface area (Å²) >= 11 is 0. The molecule has 2 heterocycles. The Balaban J connectivity index is 1.94. The lowest BCUT2D eigenvalue weighted by atomic mass is 9.98. The van der Waals surface area contributed by atoms with Gasteiger partial charge >= 0.3 is 0 Å². The lowest BCUT2D eigenvalue weighted by Gasteiger charge is -2.20.